The average Bonchev–Trinajstić information content (AvgIpc) is 2.44. The molecule has 0 radical (unpaired) electrons. The van der Waals surface area contributed by atoms with Crippen molar-refractivity contribution in [3.63, 3.8) is 0 Å². The van der Waals surface area contributed by atoms with Gasteiger partial charge >= 0.3 is 5.97 Å². The summed E-state index contributed by atoms with van der Waals surface area (Å²) in [4.78, 5) is 22.8. The van der Waals surface area contributed by atoms with Gasteiger partial charge in [0, 0.05) is 22.7 Å². The molecule has 0 unspecified atom stereocenters. The predicted octanol–water partition coefficient (Wildman–Crippen LogP) is 3.47. The van der Waals surface area contributed by atoms with Crippen LogP contribution in [0.3, 0.4) is 0 Å². The van der Waals surface area contributed by atoms with Gasteiger partial charge in [0.25, 0.3) is 5.91 Å². The van der Waals surface area contributed by atoms with E-state index < -0.39 is 5.97 Å². The van der Waals surface area contributed by atoms with Crippen molar-refractivity contribution in [3.8, 4) is 0 Å². The topological polar surface area (TPSA) is 55.4 Å². The van der Waals surface area contributed by atoms with E-state index in [1.807, 2.05) is 6.92 Å². The molecule has 1 amide bonds. The third-order valence-corrected chi connectivity index (χ3v) is 3.12. The standard InChI is InChI=1S/C15H17Cl2NO3/c1-2-3-8-18-14(19)10-21-15(20)7-5-11-4-6-12(16)9-13(11)17/h4-7,9H,2-3,8,10H2,1H3,(H,18,19)/b7-5+. The minimum absolute atomic E-state index is 0.290. The molecule has 0 atom stereocenters. The number of ether oxygens (including phenoxy) is 1. The van der Waals surface area contributed by atoms with E-state index in [1.165, 1.54) is 12.2 Å². The minimum Gasteiger partial charge on any atom is -0.452 e. The Hall–Kier alpha value is -1.52. The molecule has 0 bridgehead atoms. The van der Waals surface area contributed by atoms with Crippen molar-refractivity contribution in [1.29, 1.82) is 0 Å². The van der Waals surface area contributed by atoms with Crippen LogP contribution in [-0.4, -0.2) is 25.0 Å². The molecular weight excluding hydrogens is 313 g/mol. The van der Waals surface area contributed by atoms with Crippen LogP contribution in [0.2, 0.25) is 10.0 Å². The minimum atomic E-state index is -0.605. The maximum atomic E-state index is 11.5. The van der Waals surface area contributed by atoms with Crippen molar-refractivity contribution in [2.24, 2.45) is 0 Å². The van der Waals surface area contributed by atoms with Crippen molar-refractivity contribution in [3.05, 3.63) is 39.9 Å². The predicted molar refractivity (Wildman–Crippen MR) is 84.4 cm³/mol. The number of unbranched alkanes of at least 4 members (excludes halogenated alkanes) is 1. The number of rotatable bonds is 7. The van der Waals surface area contributed by atoms with Gasteiger partial charge in [-0.2, -0.15) is 0 Å². The van der Waals surface area contributed by atoms with Gasteiger partial charge in [0.1, 0.15) is 0 Å². The first-order chi connectivity index (χ1) is 10.0. The van der Waals surface area contributed by atoms with Crippen molar-refractivity contribution in [2.45, 2.75) is 19.8 Å². The molecule has 0 aliphatic carbocycles. The second-order valence-corrected chi connectivity index (χ2v) is 5.15. The van der Waals surface area contributed by atoms with Gasteiger partial charge in [0.15, 0.2) is 6.61 Å². The molecule has 114 valence electrons. The molecule has 0 fully saturated rings. The molecule has 0 aliphatic rings. The number of benzene rings is 1. The van der Waals surface area contributed by atoms with Crippen LogP contribution in [0.4, 0.5) is 0 Å². The van der Waals surface area contributed by atoms with Crippen molar-refractivity contribution in [1.82, 2.24) is 5.32 Å². The van der Waals surface area contributed by atoms with Crippen LogP contribution < -0.4 is 5.32 Å². The Morgan fingerprint density at radius 2 is 2.10 bits per heavy atom. The lowest BCUT2D eigenvalue weighted by Crippen LogP contribution is -2.29. The maximum Gasteiger partial charge on any atom is 0.331 e. The molecule has 1 aromatic carbocycles. The Balaban J connectivity index is 2.39. The van der Waals surface area contributed by atoms with Gasteiger partial charge in [-0.05, 0) is 30.2 Å². The second kappa shape index (κ2) is 9.42. The number of esters is 1. The highest BCUT2D eigenvalue weighted by atomic mass is 35.5. The molecule has 6 heteroatoms. The lowest BCUT2D eigenvalue weighted by Gasteiger charge is -2.04. The zero-order chi connectivity index (χ0) is 15.7. The van der Waals surface area contributed by atoms with E-state index in [-0.39, 0.29) is 12.5 Å². The third-order valence-electron chi connectivity index (χ3n) is 2.56. The Kier molecular flexibility index (Phi) is 7.87. The van der Waals surface area contributed by atoms with E-state index in [0.29, 0.717) is 22.2 Å². The summed E-state index contributed by atoms with van der Waals surface area (Å²) >= 11 is 11.7. The van der Waals surface area contributed by atoms with E-state index in [1.54, 1.807) is 18.2 Å². The van der Waals surface area contributed by atoms with Crippen LogP contribution in [0.25, 0.3) is 6.08 Å². The normalized spacial score (nSPS) is 10.6. The summed E-state index contributed by atoms with van der Waals surface area (Å²) in [7, 11) is 0. The molecule has 0 aliphatic heterocycles. The number of carbonyl (C=O) groups is 2. The Morgan fingerprint density at radius 3 is 2.76 bits per heavy atom. The first-order valence-corrected chi connectivity index (χ1v) is 7.35. The number of hydrogen-bond donors (Lipinski definition) is 1. The van der Waals surface area contributed by atoms with Gasteiger partial charge in [0.2, 0.25) is 0 Å². The van der Waals surface area contributed by atoms with Gasteiger partial charge in [-0.25, -0.2) is 4.79 Å². The average molecular weight is 330 g/mol. The fourth-order valence-corrected chi connectivity index (χ4v) is 1.91. The van der Waals surface area contributed by atoms with Crippen LogP contribution in [0.15, 0.2) is 24.3 Å². The highest BCUT2D eigenvalue weighted by Gasteiger charge is 2.04. The molecule has 4 nitrogen and oxygen atoms in total. The SMILES string of the molecule is CCCCNC(=O)COC(=O)/C=C/c1ccc(Cl)cc1Cl. The number of amides is 1. The van der Waals surface area contributed by atoms with Crippen molar-refractivity contribution < 1.29 is 14.3 Å². The summed E-state index contributed by atoms with van der Waals surface area (Å²) in [5, 5.41) is 3.60. The van der Waals surface area contributed by atoms with E-state index in [4.69, 9.17) is 27.9 Å². The molecule has 21 heavy (non-hydrogen) atoms. The number of halogens is 2. The number of hydrogen-bond acceptors (Lipinski definition) is 3. The van der Waals surface area contributed by atoms with Crippen LogP contribution >= 0.6 is 23.2 Å². The van der Waals surface area contributed by atoms with Gasteiger partial charge in [-0.15, -0.1) is 0 Å². The molecule has 0 saturated carbocycles. The lowest BCUT2D eigenvalue weighted by molar-refractivity contribution is -0.143. The quantitative estimate of drug-likeness (QED) is 0.473. The molecule has 1 aromatic rings. The van der Waals surface area contributed by atoms with E-state index in [0.717, 1.165) is 12.8 Å². The summed E-state index contributed by atoms with van der Waals surface area (Å²) in [6, 6.07) is 4.93. The van der Waals surface area contributed by atoms with Crippen LogP contribution in [-0.2, 0) is 14.3 Å². The first kappa shape index (κ1) is 17.5. The fourth-order valence-electron chi connectivity index (χ4n) is 1.43. The van der Waals surface area contributed by atoms with Crippen LogP contribution in [0, 0.1) is 0 Å². The molecule has 0 saturated heterocycles. The van der Waals surface area contributed by atoms with E-state index >= 15 is 0 Å². The molecule has 1 N–H and O–H groups in total. The monoisotopic (exact) mass is 329 g/mol. The highest BCUT2D eigenvalue weighted by Crippen LogP contribution is 2.21. The molecular formula is C15H17Cl2NO3. The lowest BCUT2D eigenvalue weighted by atomic mass is 10.2. The smallest absolute Gasteiger partial charge is 0.331 e. The summed E-state index contributed by atoms with van der Waals surface area (Å²) in [6.07, 6.45) is 4.61. The number of nitrogens with one attached hydrogen (secondary N) is 1. The second-order valence-electron chi connectivity index (χ2n) is 4.31. The molecule has 0 heterocycles. The Morgan fingerprint density at radius 1 is 1.33 bits per heavy atom. The summed E-state index contributed by atoms with van der Waals surface area (Å²) in [5.74, 6) is -0.915. The fraction of sp³-hybridized carbons (Fsp3) is 0.333. The largest absolute Gasteiger partial charge is 0.452 e. The van der Waals surface area contributed by atoms with Crippen molar-refractivity contribution >= 4 is 41.2 Å². The van der Waals surface area contributed by atoms with Crippen molar-refractivity contribution in [2.75, 3.05) is 13.2 Å². The first-order valence-electron chi connectivity index (χ1n) is 6.59. The van der Waals surface area contributed by atoms with Gasteiger partial charge in [0.05, 0.1) is 0 Å². The van der Waals surface area contributed by atoms with E-state index in [9.17, 15) is 9.59 Å². The zero-order valence-corrected chi connectivity index (χ0v) is 13.2. The summed E-state index contributed by atoms with van der Waals surface area (Å²) in [6.45, 7) is 2.32. The third kappa shape index (κ3) is 7.16. The molecule has 0 spiro atoms. The highest BCUT2D eigenvalue weighted by molar-refractivity contribution is 6.35. The van der Waals surface area contributed by atoms with Gasteiger partial charge in [-0.1, -0.05) is 42.6 Å². The summed E-state index contributed by atoms with van der Waals surface area (Å²) < 4.78 is 4.81. The number of carbonyl (C=O) groups excluding carboxylic acids is 2. The Labute approximate surface area is 134 Å². The maximum absolute atomic E-state index is 11.5. The van der Waals surface area contributed by atoms with Gasteiger partial charge in [-0.3, -0.25) is 4.79 Å². The Bertz CT molecular complexity index is 530. The van der Waals surface area contributed by atoms with Crippen LogP contribution in [0.5, 0.6) is 0 Å². The summed E-state index contributed by atoms with van der Waals surface area (Å²) in [5.41, 5.74) is 0.644. The molecule has 0 aromatic heterocycles. The zero-order valence-electron chi connectivity index (χ0n) is 11.7. The van der Waals surface area contributed by atoms with Crippen LogP contribution in [0.1, 0.15) is 25.3 Å². The van der Waals surface area contributed by atoms with Gasteiger partial charge < -0.3 is 10.1 Å². The molecule has 1 rings (SSSR count). The van der Waals surface area contributed by atoms with E-state index in [2.05, 4.69) is 5.32 Å².